The third kappa shape index (κ3) is 6.51. The molecule has 29 heavy (non-hydrogen) atoms. The fourth-order valence-corrected chi connectivity index (χ4v) is 4.33. The number of aliphatic carboxylic acids is 1. The zero-order chi connectivity index (χ0) is 21.1. The summed E-state index contributed by atoms with van der Waals surface area (Å²) in [5.74, 6) is -1.92. The van der Waals surface area contributed by atoms with Gasteiger partial charge in [0.15, 0.2) is 0 Å². The van der Waals surface area contributed by atoms with Crippen LogP contribution in [0.25, 0.3) is 0 Å². The Hall–Kier alpha value is -1.46. The van der Waals surface area contributed by atoms with Gasteiger partial charge in [-0.05, 0) is 50.4 Å². The van der Waals surface area contributed by atoms with Crippen LogP contribution in [0, 0.1) is 18.3 Å². The number of aryl methyl sites for hydroxylation is 1. The van der Waals surface area contributed by atoms with Crippen LogP contribution in [-0.4, -0.2) is 66.5 Å². The fourth-order valence-electron chi connectivity index (χ4n) is 3.59. The molecule has 1 N–H and O–H groups in total. The van der Waals surface area contributed by atoms with Crippen LogP contribution in [0.2, 0.25) is 0 Å². The van der Waals surface area contributed by atoms with Crippen molar-refractivity contribution in [3.05, 3.63) is 5.01 Å². The van der Waals surface area contributed by atoms with Crippen LogP contribution < -0.4 is 4.90 Å². The highest BCUT2D eigenvalue weighted by atomic mass is 32.1. The molecule has 1 unspecified atom stereocenters. The van der Waals surface area contributed by atoms with Gasteiger partial charge in [0.05, 0.1) is 19.3 Å². The normalized spacial score (nSPS) is 23.7. The molecule has 1 saturated carbocycles. The summed E-state index contributed by atoms with van der Waals surface area (Å²) in [6.45, 7) is 6.81. The molecule has 0 bridgehead atoms. The summed E-state index contributed by atoms with van der Waals surface area (Å²) in [4.78, 5) is 11.3. The zero-order valence-electron chi connectivity index (χ0n) is 16.3. The van der Waals surface area contributed by atoms with Gasteiger partial charge in [-0.3, -0.25) is 0 Å². The number of rotatable bonds is 5. The van der Waals surface area contributed by atoms with Crippen molar-refractivity contribution in [3.63, 3.8) is 0 Å². The van der Waals surface area contributed by atoms with E-state index in [1.165, 1.54) is 32.1 Å². The van der Waals surface area contributed by atoms with Crippen molar-refractivity contribution >= 4 is 22.4 Å². The van der Waals surface area contributed by atoms with Crippen molar-refractivity contribution in [2.45, 2.75) is 51.3 Å². The van der Waals surface area contributed by atoms with E-state index in [2.05, 4.69) is 15.1 Å². The smallest absolute Gasteiger partial charge is 0.475 e. The molecule has 0 amide bonds. The van der Waals surface area contributed by atoms with Crippen LogP contribution in [0.1, 0.15) is 37.1 Å². The van der Waals surface area contributed by atoms with E-state index >= 15 is 0 Å². The van der Waals surface area contributed by atoms with Gasteiger partial charge < -0.3 is 19.5 Å². The minimum atomic E-state index is -5.08. The number of hydrogen-bond acceptors (Lipinski definition) is 7. The van der Waals surface area contributed by atoms with E-state index in [0.29, 0.717) is 11.5 Å². The van der Waals surface area contributed by atoms with E-state index in [1.807, 2.05) is 6.92 Å². The summed E-state index contributed by atoms with van der Waals surface area (Å²) in [7, 11) is 0. The highest BCUT2D eigenvalue weighted by molar-refractivity contribution is 7.15. The topological polar surface area (TPSA) is 84.8 Å². The van der Waals surface area contributed by atoms with Crippen LogP contribution in [0.4, 0.5) is 18.3 Å². The van der Waals surface area contributed by atoms with Crippen molar-refractivity contribution in [2.75, 3.05) is 37.8 Å². The molecule has 7 nitrogen and oxygen atoms in total. The molecular formula is C18H26F3N3O4S. The first kappa shape index (κ1) is 22.2. The summed E-state index contributed by atoms with van der Waals surface area (Å²) in [6.07, 6.45) is 1.51. The number of aromatic nitrogens is 2. The Morgan fingerprint density at radius 3 is 2.48 bits per heavy atom. The van der Waals surface area contributed by atoms with Crippen molar-refractivity contribution in [2.24, 2.45) is 11.3 Å². The van der Waals surface area contributed by atoms with Gasteiger partial charge >= 0.3 is 12.1 Å². The molecule has 3 heterocycles. The van der Waals surface area contributed by atoms with Crippen molar-refractivity contribution in [1.29, 1.82) is 0 Å². The maximum atomic E-state index is 10.6. The Balaban J connectivity index is 0.000000298. The van der Waals surface area contributed by atoms with Crippen molar-refractivity contribution in [3.8, 4) is 0 Å². The van der Waals surface area contributed by atoms with Crippen molar-refractivity contribution < 1.29 is 32.5 Å². The number of alkyl halides is 3. The van der Waals surface area contributed by atoms with Gasteiger partial charge in [-0.1, -0.05) is 11.3 Å². The molecule has 2 saturated heterocycles. The lowest BCUT2D eigenvalue weighted by Gasteiger charge is -2.38. The van der Waals surface area contributed by atoms with E-state index in [9.17, 15) is 13.2 Å². The number of carboxylic acids is 1. The number of anilines is 1. The summed E-state index contributed by atoms with van der Waals surface area (Å²) in [6, 6.07) is 0. The lowest BCUT2D eigenvalue weighted by Crippen LogP contribution is -2.40. The van der Waals surface area contributed by atoms with Crippen LogP contribution >= 0.6 is 11.3 Å². The predicted molar refractivity (Wildman–Crippen MR) is 100 cm³/mol. The van der Waals surface area contributed by atoms with Gasteiger partial charge in [-0.25, -0.2) is 4.79 Å². The number of carbonyl (C=O) groups is 1. The minimum absolute atomic E-state index is 0.314. The number of hydrogen-bond donors (Lipinski definition) is 1. The lowest BCUT2D eigenvalue weighted by atomic mass is 9.77. The average Bonchev–Trinajstić information content (AvgIpc) is 3.25. The molecule has 3 fully saturated rings. The van der Waals surface area contributed by atoms with E-state index in [0.717, 1.165) is 49.0 Å². The van der Waals surface area contributed by atoms with Gasteiger partial charge in [0.1, 0.15) is 5.01 Å². The highest BCUT2D eigenvalue weighted by Crippen LogP contribution is 2.43. The summed E-state index contributed by atoms with van der Waals surface area (Å²) < 4.78 is 43.6. The SMILES string of the molecule is Cc1nnc(N2CCC3(CC2)COC(COCC2CC2)C3)s1.O=C(O)C(F)(F)F. The predicted octanol–water partition coefficient (Wildman–Crippen LogP) is 3.28. The van der Waals surface area contributed by atoms with Gasteiger partial charge in [-0.15, -0.1) is 10.2 Å². The third-order valence-corrected chi connectivity index (χ3v) is 6.39. The third-order valence-electron chi connectivity index (χ3n) is 5.49. The minimum Gasteiger partial charge on any atom is -0.475 e. The quantitative estimate of drug-likeness (QED) is 0.757. The first-order valence-corrected chi connectivity index (χ1v) is 10.5. The first-order valence-electron chi connectivity index (χ1n) is 9.71. The van der Waals surface area contributed by atoms with Crippen LogP contribution in [0.5, 0.6) is 0 Å². The second-order valence-corrected chi connectivity index (χ2v) is 9.17. The fraction of sp³-hybridized carbons (Fsp3) is 0.833. The molecule has 1 spiro atoms. The van der Waals surface area contributed by atoms with Crippen LogP contribution in [0.15, 0.2) is 0 Å². The van der Waals surface area contributed by atoms with Crippen LogP contribution in [-0.2, 0) is 14.3 Å². The molecular weight excluding hydrogens is 411 g/mol. The van der Waals surface area contributed by atoms with Gasteiger partial charge in [-0.2, -0.15) is 13.2 Å². The van der Waals surface area contributed by atoms with E-state index < -0.39 is 12.1 Å². The van der Waals surface area contributed by atoms with E-state index in [-0.39, 0.29) is 0 Å². The number of carboxylic acid groups (broad SMARTS) is 1. The van der Waals surface area contributed by atoms with Crippen molar-refractivity contribution in [1.82, 2.24) is 10.2 Å². The second kappa shape index (κ2) is 9.13. The summed E-state index contributed by atoms with van der Waals surface area (Å²) in [5.41, 5.74) is 0.379. The molecule has 1 aromatic heterocycles. The maximum absolute atomic E-state index is 10.6. The largest absolute Gasteiger partial charge is 0.490 e. The Kier molecular flexibility index (Phi) is 7.00. The standard InChI is InChI=1S/C16H25N3O2S.C2HF3O2/c1-12-17-18-15(22-12)19-6-4-16(5-7-19)8-14(21-11-16)10-20-9-13-2-3-13;3-2(4,5)1(6)7/h13-14H,2-11H2,1H3;(H,6,7). The van der Waals surface area contributed by atoms with Gasteiger partial charge in [0.25, 0.3) is 0 Å². The molecule has 164 valence electrons. The summed E-state index contributed by atoms with van der Waals surface area (Å²) in [5, 5.41) is 17.7. The summed E-state index contributed by atoms with van der Waals surface area (Å²) >= 11 is 1.70. The first-order chi connectivity index (χ1) is 13.7. The van der Waals surface area contributed by atoms with E-state index in [4.69, 9.17) is 19.4 Å². The van der Waals surface area contributed by atoms with Crippen LogP contribution in [0.3, 0.4) is 0 Å². The Bertz CT molecular complexity index is 688. The number of ether oxygens (including phenoxy) is 2. The monoisotopic (exact) mass is 437 g/mol. The molecule has 1 atom stereocenters. The Morgan fingerprint density at radius 2 is 1.97 bits per heavy atom. The molecule has 11 heteroatoms. The maximum Gasteiger partial charge on any atom is 0.490 e. The molecule has 4 rings (SSSR count). The molecule has 3 aliphatic rings. The Labute approximate surface area is 171 Å². The molecule has 1 aliphatic carbocycles. The average molecular weight is 437 g/mol. The number of halogens is 3. The number of piperidine rings is 1. The molecule has 2 aliphatic heterocycles. The zero-order valence-corrected chi connectivity index (χ0v) is 17.1. The highest BCUT2D eigenvalue weighted by Gasteiger charge is 2.43. The molecule has 0 aromatic carbocycles. The second-order valence-electron chi connectivity index (χ2n) is 8.01. The number of nitrogens with zero attached hydrogens (tertiary/aromatic N) is 3. The molecule has 1 aromatic rings. The molecule has 0 radical (unpaired) electrons. The van der Waals surface area contributed by atoms with Gasteiger partial charge in [0, 0.05) is 19.7 Å². The Morgan fingerprint density at radius 1 is 1.31 bits per heavy atom. The van der Waals surface area contributed by atoms with E-state index in [1.54, 1.807) is 11.3 Å². The van der Waals surface area contributed by atoms with Gasteiger partial charge in [0.2, 0.25) is 5.13 Å². The lowest BCUT2D eigenvalue weighted by molar-refractivity contribution is -0.192.